The lowest BCUT2D eigenvalue weighted by Gasteiger charge is -2.32. The predicted molar refractivity (Wildman–Crippen MR) is 180 cm³/mol. The smallest absolute Gasteiger partial charge is 0.262 e. The van der Waals surface area contributed by atoms with Crippen LogP contribution in [0, 0.1) is 0 Å². The molecule has 0 unspecified atom stereocenters. The molecular weight excluding hydrogens is 631 g/mol. The molecule has 1 fully saturated rings. The van der Waals surface area contributed by atoms with Crippen molar-refractivity contribution in [3.63, 3.8) is 0 Å². The molecule has 4 aromatic rings. The van der Waals surface area contributed by atoms with Crippen LogP contribution in [0.25, 0.3) is 0 Å². The number of hydrogen-bond acceptors (Lipinski definition) is 10. The number of anilines is 3. The van der Waals surface area contributed by atoms with Gasteiger partial charge in [0.05, 0.1) is 36.6 Å². The van der Waals surface area contributed by atoms with Crippen LogP contribution < -0.4 is 29.6 Å². The van der Waals surface area contributed by atoms with Gasteiger partial charge in [0.15, 0.2) is 11.5 Å². The van der Waals surface area contributed by atoms with Gasteiger partial charge >= 0.3 is 0 Å². The minimum atomic E-state index is -0.560. The number of amides is 1. The highest BCUT2D eigenvalue weighted by Crippen LogP contribution is 2.34. The summed E-state index contributed by atoms with van der Waals surface area (Å²) < 4.78 is 23.0. The van der Waals surface area contributed by atoms with Crippen molar-refractivity contribution in [2.24, 2.45) is 0 Å². The Kier molecular flexibility index (Phi) is 11.4. The minimum Gasteiger partial charge on any atom is -0.497 e. The lowest BCUT2D eigenvalue weighted by atomic mass is 10.2. The van der Waals surface area contributed by atoms with Gasteiger partial charge in [-0.2, -0.15) is 4.98 Å². The number of carbonyl (C=O) groups is 1. The van der Waals surface area contributed by atoms with Crippen molar-refractivity contribution < 1.29 is 23.7 Å². The molecule has 11 nitrogen and oxygen atoms in total. The lowest BCUT2D eigenvalue weighted by Crippen LogP contribution is -2.44. The number of halogens is 2. The van der Waals surface area contributed by atoms with Crippen LogP contribution in [0.3, 0.4) is 0 Å². The van der Waals surface area contributed by atoms with Crippen LogP contribution in [-0.2, 0) is 0 Å². The summed E-state index contributed by atoms with van der Waals surface area (Å²) in [6, 6.07) is 17.3. The topological polar surface area (TPSA) is 110 Å². The van der Waals surface area contributed by atoms with Crippen LogP contribution >= 0.6 is 23.2 Å². The molecule has 0 spiro atoms. The monoisotopic (exact) mass is 666 g/mol. The first-order chi connectivity index (χ1) is 22.3. The van der Waals surface area contributed by atoms with Crippen molar-refractivity contribution in [1.82, 2.24) is 19.8 Å². The zero-order valence-electron chi connectivity index (χ0n) is 25.9. The number of likely N-dealkylation sites (N-methyl/N-ethyl adjacent to an activating group) is 1. The predicted octanol–water partition coefficient (Wildman–Crippen LogP) is 6.61. The van der Waals surface area contributed by atoms with Gasteiger partial charge in [0, 0.05) is 56.7 Å². The summed E-state index contributed by atoms with van der Waals surface area (Å²) >= 11 is 12.6. The summed E-state index contributed by atoms with van der Waals surface area (Å²) in [6.07, 6.45) is 2.28. The molecule has 0 bridgehead atoms. The number of benzene rings is 3. The van der Waals surface area contributed by atoms with E-state index in [0.29, 0.717) is 35.3 Å². The van der Waals surface area contributed by atoms with Crippen molar-refractivity contribution in [1.29, 1.82) is 0 Å². The van der Waals surface area contributed by atoms with Gasteiger partial charge in [-0.25, -0.2) is 4.98 Å². The molecule has 2 heterocycles. The zero-order chi connectivity index (χ0) is 32.5. The fourth-order valence-corrected chi connectivity index (χ4v) is 5.26. The summed E-state index contributed by atoms with van der Waals surface area (Å²) in [7, 11) is 5.29. The number of nitrogens with zero attached hydrogens (tertiary/aromatic N) is 4. The van der Waals surface area contributed by atoms with E-state index in [0.717, 1.165) is 39.1 Å². The van der Waals surface area contributed by atoms with Gasteiger partial charge in [0.1, 0.15) is 17.1 Å². The van der Waals surface area contributed by atoms with Crippen molar-refractivity contribution in [2.45, 2.75) is 6.42 Å². The molecule has 0 atom stereocenters. The molecule has 1 saturated heterocycles. The molecule has 0 radical (unpaired) electrons. The van der Waals surface area contributed by atoms with E-state index in [9.17, 15) is 4.79 Å². The van der Waals surface area contributed by atoms with E-state index in [4.69, 9.17) is 42.1 Å². The highest BCUT2D eigenvalue weighted by molar-refractivity contribution is 6.40. The molecule has 1 aliphatic heterocycles. The zero-order valence-corrected chi connectivity index (χ0v) is 27.4. The Morgan fingerprint density at radius 3 is 2.39 bits per heavy atom. The highest BCUT2D eigenvalue weighted by atomic mass is 35.5. The van der Waals surface area contributed by atoms with E-state index < -0.39 is 5.91 Å². The van der Waals surface area contributed by atoms with Crippen LogP contribution in [0.2, 0.25) is 10.0 Å². The third-order valence-electron chi connectivity index (χ3n) is 7.35. The van der Waals surface area contributed by atoms with E-state index in [1.807, 2.05) is 12.1 Å². The van der Waals surface area contributed by atoms with Gasteiger partial charge in [0.2, 0.25) is 11.8 Å². The molecule has 2 N–H and O–H groups in total. The summed E-state index contributed by atoms with van der Waals surface area (Å²) in [6.45, 7) is 5.91. The standard InChI is InChI=1S/C33H36Cl2N6O5/c1-40-14-16-41(17-15-40)13-6-18-45-28-12-11-22(19-29(28)44-3)37-33-36-21-25(31(42)38-30-26(34)9-5-10-27(30)35)32(39-33)46-24-8-4-7-23(20-24)43-2/h4-5,7-12,19-21H,6,13-18H2,1-3H3,(H,38,42)(H,36,37,39). The van der Waals surface area contributed by atoms with Crippen molar-refractivity contribution in [3.8, 4) is 28.9 Å². The normalized spacial score (nSPS) is 13.6. The number of ether oxygens (including phenoxy) is 4. The largest absolute Gasteiger partial charge is 0.497 e. The number of rotatable bonds is 13. The number of carbonyl (C=O) groups excluding carboxylic acids is 1. The fraction of sp³-hybridized carbons (Fsp3) is 0.303. The molecule has 1 aromatic heterocycles. The lowest BCUT2D eigenvalue weighted by molar-refractivity contribution is 0.102. The van der Waals surface area contributed by atoms with Crippen LogP contribution in [0.15, 0.2) is 66.9 Å². The van der Waals surface area contributed by atoms with Gasteiger partial charge in [-0.3, -0.25) is 4.79 Å². The first kappa shape index (κ1) is 33.1. The van der Waals surface area contributed by atoms with E-state index in [2.05, 4.69) is 37.4 Å². The Bertz CT molecular complexity index is 1630. The molecule has 13 heteroatoms. The number of para-hydroxylation sites is 1. The number of piperazine rings is 1. The third kappa shape index (κ3) is 8.70. The maximum atomic E-state index is 13.4. The van der Waals surface area contributed by atoms with E-state index >= 15 is 0 Å². The van der Waals surface area contributed by atoms with Crippen molar-refractivity contribution in [2.75, 3.05) is 71.2 Å². The summed E-state index contributed by atoms with van der Waals surface area (Å²) in [5, 5.41) is 6.46. The summed E-state index contributed by atoms with van der Waals surface area (Å²) in [5.74, 6) is 1.81. The van der Waals surface area contributed by atoms with Crippen molar-refractivity contribution in [3.05, 3.63) is 82.5 Å². The van der Waals surface area contributed by atoms with E-state index in [1.165, 1.54) is 6.20 Å². The molecule has 1 amide bonds. The van der Waals surface area contributed by atoms with Gasteiger partial charge in [-0.05, 0) is 49.9 Å². The number of aromatic nitrogens is 2. The maximum absolute atomic E-state index is 13.4. The molecular formula is C33H36Cl2N6O5. The Morgan fingerprint density at radius 2 is 1.65 bits per heavy atom. The number of nitrogens with one attached hydrogen (secondary N) is 2. The Morgan fingerprint density at radius 1 is 0.913 bits per heavy atom. The van der Waals surface area contributed by atoms with Gasteiger partial charge in [-0.15, -0.1) is 0 Å². The third-order valence-corrected chi connectivity index (χ3v) is 7.98. The fourth-order valence-electron chi connectivity index (χ4n) is 4.77. The van der Waals surface area contributed by atoms with Gasteiger partial charge in [0.25, 0.3) is 5.91 Å². The quantitative estimate of drug-likeness (QED) is 0.151. The first-order valence-electron chi connectivity index (χ1n) is 14.8. The second-order valence-electron chi connectivity index (χ2n) is 10.6. The Hall–Kier alpha value is -4.29. The van der Waals surface area contributed by atoms with Crippen molar-refractivity contribution >= 4 is 46.4 Å². The average Bonchev–Trinajstić information content (AvgIpc) is 3.06. The van der Waals surface area contributed by atoms with Gasteiger partial charge in [-0.1, -0.05) is 35.3 Å². The Balaban J connectivity index is 1.31. The molecule has 242 valence electrons. The first-order valence-corrected chi connectivity index (χ1v) is 15.5. The van der Waals surface area contributed by atoms with E-state index in [-0.39, 0.29) is 33.1 Å². The maximum Gasteiger partial charge on any atom is 0.262 e. The highest BCUT2D eigenvalue weighted by Gasteiger charge is 2.20. The SMILES string of the molecule is COc1cccc(Oc2nc(Nc3ccc(OCCCN4CCN(C)CC4)c(OC)c3)ncc2C(=O)Nc2c(Cl)cccc2Cl)c1. The minimum absolute atomic E-state index is 0.00121. The number of methoxy groups -OCH3 is 2. The summed E-state index contributed by atoms with van der Waals surface area (Å²) in [4.78, 5) is 27.1. The van der Waals surface area contributed by atoms with E-state index in [1.54, 1.807) is 62.8 Å². The summed E-state index contributed by atoms with van der Waals surface area (Å²) in [5.41, 5.74) is 0.968. The molecule has 0 saturated carbocycles. The van der Waals surface area contributed by atoms with Crippen LogP contribution in [0.1, 0.15) is 16.8 Å². The molecule has 0 aliphatic carbocycles. The van der Waals surface area contributed by atoms with Crippen LogP contribution in [0.4, 0.5) is 17.3 Å². The van der Waals surface area contributed by atoms with Crippen LogP contribution in [-0.4, -0.2) is 86.3 Å². The Labute approximate surface area is 278 Å². The molecule has 1 aliphatic rings. The molecule has 3 aromatic carbocycles. The average molecular weight is 668 g/mol. The van der Waals surface area contributed by atoms with Crippen LogP contribution in [0.5, 0.6) is 28.9 Å². The van der Waals surface area contributed by atoms with Gasteiger partial charge < -0.3 is 39.4 Å². The molecule has 46 heavy (non-hydrogen) atoms. The molecule has 5 rings (SSSR count). The number of hydrogen-bond donors (Lipinski definition) is 2. The second-order valence-corrected chi connectivity index (χ2v) is 11.4. The second kappa shape index (κ2) is 15.8.